The predicted octanol–water partition coefficient (Wildman–Crippen LogP) is 10.4. The van der Waals surface area contributed by atoms with Crippen molar-refractivity contribution in [3.63, 3.8) is 0 Å². The smallest absolute Gasteiger partial charge is 0.154 e. The van der Waals surface area contributed by atoms with E-state index >= 15 is 0 Å². The number of pyridine rings is 1. The number of para-hydroxylation sites is 4. The molecular weight excluding hydrogens is 568 g/mol. The van der Waals surface area contributed by atoms with Crippen molar-refractivity contribution in [1.82, 2.24) is 9.55 Å². The van der Waals surface area contributed by atoms with Gasteiger partial charge in [-0.05, 0) is 78.9 Å². The molecule has 9 aromatic rings. The number of fused-ring (bicyclic) bond motifs is 9. The van der Waals surface area contributed by atoms with E-state index in [4.69, 9.17) is 13.8 Å². The van der Waals surface area contributed by atoms with E-state index in [1.807, 2.05) is 48.5 Å². The molecule has 0 saturated carbocycles. The third-order valence-corrected chi connectivity index (χ3v) is 9.03. The quantitative estimate of drug-likeness (QED) is 0.220. The molecule has 0 fully saturated rings. The van der Waals surface area contributed by atoms with Gasteiger partial charge in [-0.25, -0.2) is 4.98 Å². The van der Waals surface area contributed by atoms with E-state index in [0.29, 0.717) is 0 Å². The number of furan rings is 2. The number of hydrogen-bond acceptors (Lipinski definition) is 5. The van der Waals surface area contributed by atoms with Crippen LogP contribution in [0, 0.1) is 0 Å². The van der Waals surface area contributed by atoms with E-state index in [1.165, 1.54) is 16.3 Å². The van der Waals surface area contributed by atoms with Gasteiger partial charge in [0.05, 0.1) is 16.7 Å². The van der Waals surface area contributed by atoms with E-state index in [0.717, 1.165) is 67.2 Å². The number of anilines is 3. The molecule has 6 heteroatoms. The number of rotatable bonds is 4. The Hall–Kier alpha value is -6.27. The largest absolute Gasteiger partial charge is 0.454 e. The monoisotopic (exact) mass is 594 g/mol. The van der Waals surface area contributed by atoms with Crippen LogP contribution in [0.2, 0.25) is 0 Å². The summed E-state index contributed by atoms with van der Waals surface area (Å²) in [4.78, 5) is 7.51. The van der Waals surface area contributed by atoms with Crippen molar-refractivity contribution in [2.45, 2.75) is 6.17 Å². The second kappa shape index (κ2) is 9.61. The Morgan fingerprint density at radius 1 is 0.609 bits per heavy atom. The molecule has 1 aliphatic rings. The van der Waals surface area contributed by atoms with E-state index in [9.17, 15) is 0 Å². The zero-order valence-electron chi connectivity index (χ0n) is 24.6. The van der Waals surface area contributed by atoms with E-state index in [2.05, 4.69) is 112 Å². The van der Waals surface area contributed by atoms with Crippen molar-refractivity contribution < 1.29 is 8.83 Å². The fourth-order valence-corrected chi connectivity index (χ4v) is 6.97. The first-order valence-electron chi connectivity index (χ1n) is 15.4. The molecule has 1 aliphatic heterocycles. The molecule has 0 radical (unpaired) electrons. The first-order chi connectivity index (χ1) is 22.8. The van der Waals surface area contributed by atoms with Gasteiger partial charge >= 0.3 is 0 Å². The van der Waals surface area contributed by atoms with Crippen LogP contribution in [-0.4, -0.2) is 15.7 Å². The fraction of sp³-hybridized carbons (Fsp3) is 0.0250. The maximum Gasteiger partial charge on any atom is 0.154 e. The Kier molecular flexibility index (Phi) is 5.25. The van der Waals surface area contributed by atoms with Crippen molar-refractivity contribution in [3.05, 3.63) is 145 Å². The highest BCUT2D eigenvalue weighted by molar-refractivity contribution is 6.10. The Balaban J connectivity index is 1.21. The second-order valence-electron chi connectivity index (χ2n) is 11.7. The minimum absolute atomic E-state index is 0.247. The van der Waals surface area contributed by atoms with Crippen LogP contribution >= 0.6 is 0 Å². The summed E-state index contributed by atoms with van der Waals surface area (Å²) in [6, 6.07) is 46.1. The molecule has 0 amide bonds. The SMILES string of the molecule is C1=CC(N(c2ccc3c4ccccc4n(-c4ccccc4)c3c2)c2ccc3oc4ccccc4c3n2)Nc2c1oc1ccccc21. The third kappa shape index (κ3) is 3.67. The van der Waals surface area contributed by atoms with Gasteiger partial charge in [0.2, 0.25) is 0 Å². The summed E-state index contributed by atoms with van der Waals surface area (Å²) in [7, 11) is 0. The standard InChI is InChI=1S/C40H26N4O2/c1-2-10-25(11-3-1)43-31-15-7-4-12-27(31)28-19-18-26(24-32(28)43)44(37-22-20-35-39(41-37)29-13-5-8-16-33(29)45-35)38-23-21-36-40(42-38)30-14-6-9-17-34(30)46-36/h1-24,37,41H. The summed E-state index contributed by atoms with van der Waals surface area (Å²) in [6.07, 6.45) is 3.96. The molecular formula is C40H26N4O2. The molecule has 5 aromatic carbocycles. The lowest BCUT2D eigenvalue weighted by Gasteiger charge is -2.33. The minimum atomic E-state index is -0.247. The maximum absolute atomic E-state index is 6.18. The molecule has 0 bridgehead atoms. The van der Waals surface area contributed by atoms with Crippen molar-refractivity contribution >= 4 is 78.1 Å². The molecule has 1 unspecified atom stereocenters. The summed E-state index contributed by atoms with van der Waals surface area (Å²) in [5, 5.41) is 8.25. The van der Waals surface area contributed by atoms with Crippen LogP contribution in [0.15, 0.2) is 148 Å². The lowest BCUT2D eigenvalue weighted by molar-refractivity contribution is 0.602. The Morgan fingerprint density at radius 2 is 1.33 bits per heavy atom. The molecule has 1 N–H and O–H groups in total. The molecule has 46 heavy (non-hydrogen) atoms. The molecule has 5 heterocycles. The van der Waals surface area contributed by atoms with Crippen LogP contribution in [0.25, 0.3) is 66.6 Å². The predicted molar refractivity (Wildman–Crippen MR) is 187 cm³/mol. The van der Waals surface area contributed by atoms with Gasteiger partial charge in [-0.1, -0.05) is 66.7 Å². The zero-order valence-corrected chi connectivity index (χ0v) is 24.6. The maximum atomic E-state index is 6.18. The van der Waals surface area contributed by atoms with Gasteiger partial charge in [0.1, 0.15) is 28.7 Å². The number of nitrogens with one attached hydrogen (secondary N) is 1. The molecule has 6 nitrogen and oxygen atoms in total. The van der Waals surface area contributed by atoms with Gasteiger partial charge < -0.3 is 23.6 Å². The van der Waals surface area contributed by atoms with Gasteiger partial charge in [0, 0.05) is 32.9 Å². The average Bonchev–Trinajstić information content (AvgIpc) is 3.78. The Labute approximate surface area is 263 Å². The van der Waals surface area contributed by atoms with Crippen molar-refractivity contribution in [1.29, 1.82) is 0 Å². The van der Waals surface area contributed by atoms with Gasteiger partial charge in [-0.15, -0.1) is 0 Å². The lowest BCUT2D eigenvalue weighted by Crippen LogP contribution is -2.37. The molecule has 1 atom stereocenters. The number of benzene rings is 5. The second-order valence-corrected chi connectivity index (χ2v) is 11.7. The highest BCUT2D eigenvalue weighted by Gasteiger charge is 2.27. The average molecular weight is 595 g/mol. The molecule has 0 spiro atoms. The first-order valence-corrected chi connectivity index (χ1v) is 15.4. The van der Waals surface area contributed by atoms with E-state index in [-0.39, 0.29) is 6.17 Å². The van der Waals surface area contributed by atoms with E-state index < -0.39 is 0 Å². The first kappa shape index (κ1) is 25.1. The van der Waals surface area contributed by atoms with Crippen molar-refractivity contribution in [2.75, 3.05) is 10.2 Å². The highest BCUT2D eigenvalue weighted by atomic mass is 16.3. The fourth-order valence-electron chi connectivity index (χ4n) is 6.97. The lowest BCUT2D eigenvalue weighted by atomic mass is 10.1. The van der Waals surface area contributed by atoms with Gasteiger partial charge in [0.15, 0.2) is 11.3 Å². The Morgan fingerprint density at radius 3 is 2.20 bits per heavy atom. The molecule has 0 saturated heterocycles. The van der Waals surface area contributed by atoms with Crippen LogP contribution in [0.4, 0.5) is 17.2 Å². The molecule has 218 valence electrons. The van der Waals surface area contributed by atoms with Gasteiger partial charge in [0.25, 0.3) is 0 Å². The molecule has 4 aromatic heterocycles. The van der Waals surface area contributed by atoms with Crippen LogP contribution in [-0.2, 0) is 0 Å². The van der Waals surface area contributed by atoms with Crippen molar-refractivity contribution in [3.8, 4) is 5.69 Å². The highest BCUT2D eigenvalue weighted by Crippen LogP contribution is 2.41. The summed E-state index contributed by atoms with van der Waals surface area (Å²) in [5.74, 6) is 1.63. The van der Waals surface area contributed by atoms with Crippen LogP contribution in [0.5, 0.6) is 0 Å². The van der Waals surface area contributed by atoms with Crippen LogP contribution in [0.3, 0.4) is 0 Å². The molecule has 10 rings (SSSR count). The van der Waals surface area contributed by atoms with Crippen molar-refractivity contribution in [2.24, 2.45) is 0 Å². The number of hydrogen-bond donors (Lipinski definition) is 1. The van der Waals surface area contributed by atoms with Gasteiger partial charge in [-0.3, -0.25) is 0 Å². The summed E-state index contributed by atoms with van der Waals surface area (Å²) < 4.78 is 14.7. The summed E-state index contributed by atoms with van der Waals surface area (Å²) in [5.41, 5.74) is 8.68. The summed E-state index contributed by atoms with van der Waals surface area (Å²) in [6.45, 7) is 0. The van der Waals surface area contributed by atoms with Crippen LogP contribution < -0.4 is 10.2 Å². The Bertz CT molecular complexity index is 2640. The topological polar surface area (TPSA) is 59.4 Å². The third-order valence-electron chi connectivity index (χ3n) is 9.03. The summed E-state index contributed by atoms with van der Waals surface area (Å²) >= 11 is 0. The van der Waals surface area contributed by atoms with E-state index in [1.54, 1.807) is 0 Å². The zero-order chi connectivity index (χ0) is 30.2. The van der Waals surface area contributed by atoms with Gasteiger partial charge in [-0.2, -0.15) is 0 Å². The molecule has 0 aliphatic carbocycles. The number of aromatic nitrogens is 2. The number of nitrogens with zero attached hydrogens (tertiary/aromatic N) is 3. The van der Waals surface area contributed by atoms with Crippen LogP contribution in [0.1, 0.15) is 5.76 Å². The normalized spacial score (nSPS) is 14.4. The minimum Gasteiger partial charge on any atom is -0.454 e.